The predicted molar refractivity (Wildman–Crippen MR) is 122 cm³/mol. The molecule has 1 aliphatic heterocycles. The van der Waals surface area contributed by atoms with Crippen LogP contribution in [-0.4, -0.2) is 43.7 Å². The van der Waals surface area contributed by atoms with Gasteiger partial charge < -0.3 is 19.5 Å². The molecule has 1 N–H and O–H groups in total. The van der Waals surface area contributed by atoms with Gasteiger partial charge in [-0.25, -0.2) is 0 Å². The summed E-state index contributed by atoms with van der Waals surface area (Å²) in [5.74, 6) is 0.287. The molecule has 1 heterocycles. The number of fused-ring (bicyclic) bond motifs is 1. The third-order valence-electron chi connectivity index (χ3n) is 6.47. The first-order chi connectivity index (χ1) is 16.7. The number of halogens is 5. The van der Waals surface area contributed by atoms with Crippen molar-refractivity contribution in [3.05, 3.63) is 72.0 Å². The average Bonchev–Trinajstić information content (AvgIpc) is 2.83. The molecule has 0 aromatic heterocycles. The molecule has 4 nitrogen and oxygen atoms in total. The van der Waals surface area contributed by atoms with E-state index in [9.17, 15) is 27.1 Å². The lowest BCUT2D eigenvalue weighted by atomic mass is 9.81. The fourth-order valence-electron chi connectivity index (χ4n) is 4.89. The first kappa shape index (κ1) is 25.0. The Balaban J connectivity index is 1.74. The molecule has 1 aliphatic carbocycles. The number of nitrogens with zero attached hydrogens (tertiary/aromatic N) is 1. The van der Waals surface area contributed by atoms with E-state index in [4.69, 9.17) is 4.74 Å². The first-order valence-electron chi connectivity index (χ1n) is 11.3. The SMILES string of the molecule is COc1cccc(-c2cccc3c2CC[C@H](C2C=C(OC(F)F)C=CC2)N3C[C@H](O)C(F)(F)F)c1. The van der Waals surface area contributed by atoms with Crippen molar-refractivity contribution in [1.29, 1.82) is 0 Å². The van der Waals surface area contributed by atoms with Crippen LogP contribution in [0.4, 0.5) is 27.6 Å². The topological polar surface area (TPSA) is 41.9 Å². The van der Waals surface area contributed by atoms with Crippen LogP contribution >= 0.6 is 0 Å². The first-order valence-corrected chi connectivity index (χ1v) is 11.3. The van der Waals surface area contributed by atoms with E-state index >= 15 is 0 Å². The molecule has 4 rings (SSSR count). The lowest BCUT2D eigenvalue weighted by Gasteiger charge is -2.44. The number of benzene rings is 2. The van der Waals surface area contributed by atoms with Crippen LogP contribution in [-0.2, 0) is 11.2 Å². The molecule has 2 aliphatic rings. The Bertz CT molecular complexity index is 1100. The molecule has 188 valence electrons. The second kappa shape index (κ2) is 10.3. The summed E-state index contributed by atoms with van der Waals surface area (Å²) in [6.45, 7) is -3.66. The van der Waals surface area contributed by atoms with E-state index < -0.39 is 31.5 Å². The molecule has 0 bridgehead atoms. The summed E-state index contributed by atoms with van der Waals surface area (Å²) in [7, 11) is 1.56. The number of aliphatic hydroxyl groups is 1. The standard InChI is InChI=1S/C26H26F5NO3/c1-34-18-7-2-5-16(13-18)20-9-4-10-23-21(20)11-12-22(32(23)15-24(33)26(29,30)31)17-6-3-8-19(14-17)35-25(27)28/h2-5,7-10,13-14,17,22,24-25,33H,6,11-12,15H2,1H3/t17?,22-,24+/m1/s1. The fourth-order valence-corrected chi connectivity index (χ4v) is 4.89. The number of aliphatic hydroxyl groups excluding tert-OH is 1. The summed E-state index contributed by atoms with van der Waals surface area (Å²) in [6, 6.07) is 12.4. The van der Waals surface area contributed by atoms with Gasteiger partial charge in [-0.15, -0.1) is 0 Å². The molecule has 2 aromatic rings. The molecule has 0 spiro atoms. The summed E-state index contributed by atoms with van der Waals surface area (Å²) in [5, 5.41) is 9.97. The van der Waals surface area contributed by atoms with Crippen molar-refractivity contribution >= 4 is 5.69 Å². The van der Waals surface area contributed by atoms with Gasteiger partial charge in [-0.3, -0.25) is 0 Å². The van der Waals surface area contributed by atoms with Crippen molar-refractivity contribution in [3.63, 3.8) is 0 Å². The molecule has 0 fully saturated rings. The summed E-state index contributed by atoms with van der Waals surface area (Å²) in [6.07, 6.45) is -1.17. The Morgan fingerprint density at radius 3 is 2.63 bits per heavy atom. The monoisotopic (exact) mass is 495 g/mol. The van der Waals surface area contributed by atoms with Crippen LogP contribution in [0, 0.1) is 5.92 Å². The normalized spacial score (nSPS) is 20.9. The summed E-state index contributed by atoms with van der Waals surface area (Å²) in [4.78, 5) is 1.57. The molecular weight excluding hydrogens is 469 g/mol. The highest BCUT2D eigenvalue weighted by molar-refractivity contribution is 5.76. The van der Waals surface area contributed by atoms with Gasteiger partial charge in [0.05, 0.1) is 13.7 Å². The fraction of sp³-hybridized carbons (Fsp3) is 0.385. The highest BCUT2D eigenvalue weighted by Gasteiger charge is 2.42. The van der Waals surface area contributed by atoms with E-state index in [2.05, 4.69) is 4.74 Å². The zero-order valence-electron chi connectivity index (χ0n) is 19.0. The lowest BCUT2D eigenvalue weighted by molar-refractivity contribution is -0.200. The number of hydrogen-bond acceptors (Lipinski definition) is 4. The smallest absolute Gasteiger partial charge is 0.416 e. The van der Waals surface area contributed by atoms with Crippen molar-refractivity contribution in [1.82, 2.24) is 0 Å². The number of anilines is 1. The van der Waals surface area contributed by atoms with Gasteiger partial charge in [-0.05, 0) is 66.3 Å². The van der Waals surface area contributed by atoms with Gasteiger partial charge in [0, 0.05) is 17.6 Å². The van der Waals surface area contributed by atoms with E-state index in [-0.39, 0.29) is 11.7 Å². The minimum atomic E-state index is -4.79. The second-order valence-corrected chi connectivity index (χ2v) is 8.60. The third-order valence-corrected chi connectivity index (χ3v) is 6.47. The zero-order valence-corrected chi connectivity index (χ0v) is 19.0. The number of rotatable bonds is 7. The molecule has 9 heteroatoms. The molecular formula is C26H26F5NO3. The van der Waals surface area contributed by atoms with Gasteiger partial charge in [0.15, 0.2) is 6.10 Å². The highest BCUT2D eigenvalue weighted by atomic mass is 19.4. The van der Waals surface area contributed by atoms with Gasteiger partial charge in [0.2, 0.25) is 0 Å². The number of hydrogen-bond donors (Lipinski definition) is 1. The number of ether oxygens (including phenoxy) is 2. The highest BCUT2D eigenvalue weighted by Crippen LogP contribution is 2.42. The quantitative estimate of drug-likeness (QED) is 0.471. The van der Waals surface area contributed by atoms with Crippen LogP contribution < -0.4 is 9.64 Å². The van der Waals surface area contributed by atoms with Gasteiger partial charge in [-0.1, -0.05) is 30.3 Å². The maximum atomic E-state index is 13.4. The van der Waals surface area contributed by atoms with Crippen LogP contribution in [0.2, 0.25) is 0 Å². The van der Waals surface area contributed by atoms with Crippen molar-refractivity contribution in [2.75, 3.05) is 18.6 Å². The van der Waals surface area contributed by atoms with Crippen LogP contribution in [0.25, 0.3) is 11.1 Å². The maximum absolute atomic E-state index is 13.4. The van der Waals surface area contributed by atoms with E-state index in [1.54, 1.807) is 36.3 Å². The van der Waals surface area contributed by atoms with Gasteiger partial charge in [-0.2, -0.15) is 22.0 Å². The number of methoxy groups -OCH3 is 1. The molecule has 0 amide bonds. The van der Waals surface area contributed by atoms with Crippen LogP contribution in [0.5, 0.6) is 5.75 Å². The average molecular weight is 495 g/mol. The lowest BCUT2D eigenvalue weighted by Crippen LogP contribution is -2.50. The van der Waals surface area contributed by atoms with Gasteiger partial charge >= 0.3 is 12.8 Å². The molecule has 0 saturated carbocycles. The van der Waals surface area contributed by atoms with Crippen LogP contribution in [0.3, 0.4) is 0 Å². The second-order valence-electron chi connectivity index (χ2n) is 8.60. The molecule has 1 unspecified atom stereocenters. The number of β-amino-alcohol motifs (C(OH)–C–C–N with tert-alkyl or cyclic N) is 1. The van der Waals surface area contributed by atoms with Crippen molar-refractivity contribution < 1.29 is 36.5 Å². The molecule has 3 atom stereocenters. The van der Waals surface area contributed by atoms with E-state index in [1.807, 2.05) is 30.3 Å². The zero-order chi connectivity index (χ0) is 25.2. The number of allylic oxidation sites excluding steroid dienone is 2. The predicted octanol–water partition coefficient (Wildman–Crippen LogP) is 6.11. The van der Waals surface area contributed by atoms with Crippen LogP contribution in [0.15, 0.2) is 66.5 Å². The van der Waals surface area contributed by atoms with E-state index in [1.165, 1.54) is 6.08 Å². The van der Waals surface area contributed by atoms with Gasteiger partial charge in [0.25, 0.3) is 0 Å². The Morgan fingerprint density at radius 2 is 1.91 bits per heavy atom. The number of alkyl halides is 5. The summed E-state index contributed by atoms with van der Waals surface area (Å²) >= 11 is 0. The Hall–Kier alpha value is -3.07. The molecule has 2 aromatic carbocycles. The van der Waals surface area contributed by atoms with Crippen molar-refractivity contribution in [2.24, 2.45) is 5.92 Å². The maximum Gasteiger partial charge on any atom is 0.416 e. The summed E-state index contributed by atoms with van der Waals surface area (Å²) in [5.41, 5.74) is 3.19. The van der Waals surface area contributed by atoms with Crippen molar-refractivity contribution in [2.45, 2.75) is 44.2 Å². The van der Waals surface area contributed by atoms with Crippen molar-refractivity contribution in [3.8, 4) is 16.9 Å². The minimum Gasteiger partial charge on any atom is -0.497 e. The Morgan fingerprint density at radius 1 is 1.14 bits per heavy atom. The van der Waals surface area contributed by atoms with E-state index in [0.717, 1.165) is 16.7 Å². The largest absolute Gasteiger partial charge is 0.497 e. The van der Waals surface area contributed by atoms with Crippen LogP contribution in [0.1, 0.15) is 18.4 Å². The van der Waals surface area contributed by atoms with E-state index in [0.29, 0.717) is 30.7 Å². The third kappa shape index (κ3) is 5.61. The van der Waals surface area contributed by atoms with Gasteiger partial charge in [0.1, 0.15) is 11.5 Å². The molecule has 0 radical (unpaired) electrons. The Kier molecular flexibility index (Phi) is 7.35. The molecule has 0 saturated heterocycles. The minimum absolute atomic E-state index is 0.0106. The Labute approximate surface area is 200 Å². The molecule has 35 heavy (non-hydrogen) atoms. The summed E-state index contributed by atoms with van der Waals surface area (Å²) < 4.78 is 75.4.